The van der Waals surface area contributed by atoms with Crippen LogP contribution in [0.25, 0.3) is 0 Å². The van der Waals surface area contributed by atoms with Gasteiger partial charge >= 0.3 is 0 Å². The van der Waals surface area contributed by atoms with Crippen molar-refractivity contribution in [2.24, 2.45) is 10.7 Å². The zero-order valence-electron chi connectivity index (χ0n) is 9.08. The maximum atomic E-state index is 5.74. The van der Waals surface area contributed by atoms with Crippen LogP contribution in [0.3, 0.4) is 0 Å². The van der Waals surface area contributed by atoms with Crippen molar-refractivity contribution in [1.82, 2.24) is 10.3 Å². The van der Waals surface area contributed by atoms with Crippen molar-refractivity contribution in [2.75, 3.05) is 0 Å². The molecule has 0 aromatic carbocycles. The Hall–Kier alpha value is -1.10. The summed E-state index contributed by atoms with van der Waals surface area (Å²) in [5.41, 5.74) is 6.81. The Labute approximate surface area is 93.6 Å². The van der Waals surface area contributed by atoms with Gasteiger partial charge in [-0.2, -0.15) is 0 Å². The van der Waals surface area contributed by atoms with E-state index in [4.69, 9.17) is 5.73 Å². The molecule has 3 N–H and O–H groups in total. The van der Waals surface area contributed by atoms with E-state index in [0.717, 1.165) is 10.7 Å². The number of hydrogen-bond donors (Lipinski definition) is 2. The summed E-state index contributed by atoms with van der Waals surface area (Å²) in [7, 11) is 0. The first-order valence-corrected chi connectivity index (χ1v) is 5.96. The number of nitrogens with zero attached hydrogens (tertiary/aromatic N) is 2. The third kappa shape index (κ3) is 2.92. The quantitative estimate of drug-likeness (QED) is 0.601. The molecule has 0 amide bonds. The molecule has 15 heavy (non-hydrogen) atoms. The van der Waals surface area contributed by atoms with Gasteiger partial charge in [-0.25, -0.2) is 9.98 Å². The number of thiazole rings is 1. The van der Waals surface area contributed by atoms with E-state index in [2.05, 4.69) is 15.3 Å². The Morgan fingerprint density at radius 2 is 2.33 bits per heavy atom. The molecule has 82 valence electrons. The average molecular weight is 224 g/mol. The van der Waals surface area contributed by atoms with Crippen molar-refractivity contribution in [3.63, 3.8) is 0 Å². The number of nitrogens with one attached hydrogen (secondary N) is 1. The third-order valence-electron chi connectivity index (χ3n) is 2.32. The SMILES string of the molecule is Cc1nc(C)c(CN=C(N)NC2CC2)s1. The first kappa shape index (κ1) is 10.4. The van der Waals surface area contributed by atoms with Crippen LogP contribution in [0.2, 0.25) is 0 Å². The molecular weight excluding hydrogens is 208 g/mol. The normalized spacial score (nSPS) is 16.8. The number of rotatable bonds is 3. The summed E-state index contributed by atoms with van der Waals surface area (Å²) in [5.74, 6) is 0.558. The number of aliphatic imine (C=N–C) groups is 1. The molecule has 0 spiro atoms. The van der Waals surface area contributed by atoms with Crippen molar-refractivity contribution in [3.05, 3.63) is 15.6 Å². The van der Waals surface area contributed by atoms with Crippen molar-refractivity contribution in [1.29, 1.82) is 0 Å². The Balaban J connectivity index is 1.93. The van der Waals surface area contributed by atoms with Gasteiger partial charge in [0.25, 0.3) is 0 Å². The van der Waals surface area contributed by atoms with Gasteiger partial charge in [-0.15, -0.1) is 11.3 Å². The molecule has 1 heterocycles. The van der Waals surface area contributed by atoms with Gasteiger partial charge < -0.3 is 11.1 Å². The van der Waals surface area contributed by atoms with Crippen molar-refractivity contribution < 1.29 is 0 Å². The molecule has 0 unspecified atom stereocenters. The molecule has 5 heteroatoms. The third-order valence-corrected chi connectivity index (χ3v) is 3.38. The maximum Gasteiger partial charge on any atom is 0.189 e. The largest absolute Gasteiger partial charge is 0.370 e. The average Bonchev–Trinajstić information content (AvgIpc) is 2.89. The van der Waals surface area contributed by atoms with Crippen LogP contribution < -0.4 is 11.1 Å². The van der Waals surface area contributed by atoms with Crippen molar-refractivity contribution in [3.8, 4) is 0 Å². The smallest absolute Gasteiger partial charge is 0.189 e. The first-order chi connectivity index (χ1) is 7.15. The minimum absolute atomic E-state index is 0.558. The highest BCUT2D eigenvalue weighted by molar-refractivity contribution is 7.11. The summed E-state index contributed by atoms with van der Waals surface area (Å²) in [4.78, 5) is 9.85. The predicted octanol–water partition coefficient (Wildman–Crippen LogP) is 1.33. The van der Waals surface area contributed by atoms with E-state index in [1.807, 2.05) is 13.8 Å². The van der Waals surface area contributed by atoms with E-state index >= 15 is 0 Å². The highest BCUT2D eigenvalue weighted by atomic mass is 32.1. The standard InChI is InChI=1S/C10H16N4S/c1-6-9(15-7(2)13-6)5-12-10(11)14-8-3-4-8/h8H,3-5H2,1-2H3,(H3,11,12,14). The zero-order valence-corrected chi connectivity index (χ0v) is 9.90. The van der Waals surface area contributed by atoms with E-state index in [9.17, 15) is 0 Å². The van der Waals surface area contributed by atoms with Gasteiger partial charge in [0.2, 0.25) is 0 Å². The van der Waals surface area contributed by atoms with Gasteiger partial charge in [0.1, 0.15) is 0 Å². The Bertz CT molecular complexity index is 379. The highest BCUT2D eigenvalue weighted by Gasteiger charge is 2.21. The molecule has 1 aromatic heterocycles. The predicted molar refractivity (Wildman–Crippen MR) is 63.1 cm³/mol. The fourth-order valence-electron chi connectivity index (χ4n) is 1.36. The molecule has 1 aliphatic carbocycles. The summed E-state index contributed by atoms with van der Waals surface area (Å²) in [6, 6.07) is 0.568. The zero-order chi connectivity index (χ0) is 10.8. The van der Waals surface area contributed by atoms with Crippen LogP contribution >= 0.6 is 11.3 Å². The fraction of sp³-hybridized carbons (Fsp3) is 0.600. The second-order valence-electron chi connectivity index (χ2n) is 3.86. The molecule has 0 bridgehead atoms. The Morgan fingerprint density at radius 3 is 2.87 bits per heavy atom. The number of aromatic nitrogens is 1. The van der Waals surface area contributed by atoms with Gasteiger partial charge in [0, 0.05) is 10.9 Å². The highest BCUT2D eigenvalue weighted by Crippen LogP contribution is 2.19. The topological polar surface area (TPSA) is 63.3 Å². The van der Waals surface area contributed by atoms with E-state index < -0.39 is 0 Å². The lowest BCUT2D eigenvalue weighted by Crippen LogP contribution is -2.33. The van der Waals surface area contributed by atoms with Crippen LogP contribution in [-0.4, -0.2) is 17.0 Å². The van der Waals surface area contributed by atoms with E-state index in [1.165, 1.54) is 17.7 Å². The van der Waals surface area contributed by atoms with Crippen LogP contribution in [0.4, 0.5) is 0 Å². The second-order valence-corrected chi connectivity index (χ2v) is 5.15. The van der Waals surface area contributed by atoms with Crippen LogP contribution in [0, 0.1) is 13.8 Å². The van der Waals surface area contributed by atoms with E-state index in [0.29, 0.717) is 18.5 Å². The number of nitrogens with two attached hydrogens (primary N) is 1. The first-order valence-electron chi connectivity index (χ1n) is 5.14. The van der Waals surface area contributed by atoms with Gasteiger partial charge in [-0.3, -0.25) is 0 Å². The molecule has 4 nitrogen and oxygen atoms in total. The van der Waals surface area contributed by atoms with Gasteiger partial charge in [0.05, 0.1) is 17.2 Å². The summed E-state index contributed by atoms with van der Waals surface area (Å²) < 4.78 is 0. The Morgan fingerprint density at radius 1 is 1.60 bits per heavy atom. The second kappa shape index (κ2) is 4.18. The minimum atomic E-state index is 0.558. The summed E-state index contributed by atoms with van der Waals surface area (Å²) in [5, 5.41) is 4.25. The molecule has 0 radical (unpaired) electrons. The van der Waals surface area contributed by atoms with Crippen LogP contribution in [0.5, 0.6) is 0 Å². The summed E-state index contributed by atoms with van der Waals surface area (Å²) >= 11 is 1.69. The van der Waals surface area contributed by atoms with Gasteiger partial charge in [-0.05, 0) is 26.7 Å². The molecule has 1 saturated carbocycles. The number of hydrogen-bond acceptors (Lipinski definition) is 3. The lowest BCUT2D eigenvalue weighted by molar-refractivity contribution is 0.879. The number of guanidine groups is 1. The van der Waals surface area contributed by atoms with Crippen molar-refractivity contribution in [2.45, 2.75) is 39.3 Å². The monoisotopic (exact) mass is 224 g/mol. The summed E-state index contributed by atoms with van der Waals surface area (Å²) in [6.07, 6.45) is 2.43. The summed E-state index contributed by atoms with van der Waals surface area (Å²) in [6.45, 7) is 4.67. The molecule has 1 aromatic rings. The molecule has 0 saturated heterocycles. The van der Waals surface area contributed by atoms with Crippen molar-refractivity contribution >= 4 is 17.3 Å². The molecule has 2 rings (SSSR count). The maximum absolute atomic E-state index is 5.74. The Kier molecular flexibility index (Phi) is 2.90. The van der Waals surface area contributed by atoms with Crippen LogP contribution in [0.15, 0.2) is 4.99 Å². The minimum Gasteiger partial charge on any atom is -0.370 e. The van der Waals surface area contributed by atoms with E-state index in [1.54, 1.807) is 11.3 Å². The fourth-order valence-corrected chi connectivity index (χ4v) is 2.22. The van der Waals surface area contributed by atoms with Crippen LogP contribution in [0.1, 0.15) is 28.4 Å². The number of aryl methyl sites for hydroxylation is 2. The van der Waals surface area contributed by atoms with Crippen LogP contribution in [-0.2, 0) is 6.54 Å². The van der Waals surface area contributed by atoms with Gasteiger partial charge in [0.15, 0.2) is 5.96 Å². The molecule has 1 aliphatic rings. The lowest BCUT2D eigenvalue weighted by Gasteiger charge is -2.01. The van der Waals surface area contributed by atoms with Gasteiger partial charge in [-0.1, -0.05) is 0 Å². The molecule has 1 fully saturated rings. The van der Waals surface area contributed by atoms with E-state index in [-0.39, 0.29) is 0 Å². The molecular formula is C10H16N4S. The lowest BCUT2D eigenvalue weighted by atomic mass is 10.4. The molecule has 0 aliphatic heterocycles. The molecule has 0 atom stereocenters.